The van der Waals surface area contributed by atoms with Gasteiger partial charge in [-0.15, -0.1) is 0 Å². The second-order valence-corrected chi connectivity index (χ2v) is 6.91. The van der Waals surface area contributed by atoms with Gasteiger partial charge >= 0.3 is 0 Å². The minimum atomic E-state index is -0.285. The minimum absolute atomic E-state index is 0.119. The monoisotopic (exact) mass is 449 g/mol. The average molecular weight is 449 g/mol. The van der Waals surface area contributed by atoms with Crippen LogP contribution >= 0.6 is 22.6 Å². The highest BCUT2D eigenvalue weighted by molar-refractivity contribution is 14.1. The minimum Gasteiger partial charge on any atom is -0.345 e. The summed E-state index contributed by atoms with van der Waals surface area (Å²) in [4.78, 5) is 12.5. The van der Waals surface area contributed by atoms with Crippen LogP contribution < -0.4 is 5.32 Å². The van der Waals surface area contributed by atoms with Crippen LogP contribution in [0.3, 0.4) is 0 Å². The highest BCUT2D eigenvalue weighted by atomic mass is 127. The lowest BCUT2D eigenvalue weighted by molar-refractivity contribution is 0.0939. The van der Waals surface area contributed by atoms with E-state index in [0.29, 0.717) is 5.56 Å². The Kier molecular flexibility index (Phi) is 5.17. The molecule has 0 saturated carbocycles. The van der Waals surface area contributed by atoms with Gasteiger partial charge in [-0.2, -0.15) is 5.10 Å². The van der Waals surface area contributed by atoms with Crippen molar-refractivity contribution >= 4 is 28.5 Å². The lowest BCUT2D eigenvalue weighted by Crippen LogP contribution is -2.27. The fourth-order valence-corrected chi connectivity index (χ4v) is 3.32. The molecule has 0 aliphatic rings. The SMILES string of the molecule is Cc1c(C(C)NC(=O)c2ccccc2I)cnn1-c1ccc(F)cc1. The molecule has 1 amide bonds. The van der Waals surface area contributed by atoms with E-state index in [9.17, 15) is 9.18 Å². The maximum absolute atomic E-state index is 13.1. The first-order chi connectivity index (χ1) is 12.0. The predicted octanol–water partition coefficient (Wildman–Crippen LogP) is 4.42. The Morgan fingerprint density at radius 3 is 2.56 bits per heavy atom. The van der Waals surface area contributed by atoms with Gasteiger partial charge in [-0.1, -0.05) is 12.1 Å². The molecule has 1 unspecified atom stereocenters. The molecule has 128 valence electrons. The number of nitrogens with one attached hydrogen (secondary N) is 1. The molecule has 1 N–H and O–H groups in total. The molecule has 0 fully saturated rings. The fraction of sp³-hybridized carbons (Fsp3) is 0.158. The zero-order valence-corrected chi connectivity index (χ0v) is 16.0. The van der Waals surface area contributed by atoms with E-state index in [2.05, 4.69) is 33.0 Å². The summed E-state index contributed by atoms with van der Waals surface area (Å²) in [5.41, 5.74) is 3.26. The van der Waals surface area contributed by atoms with E-state index in [1.54, 1.807) is 29.1 Å². The molecule has 6 heteroatoms. The topological polar surface area (TPSA) is 46.9 Å². The Balaban J connectivity index is 1.81. The van der Waals surface area contributed by atoms with Crippen LogP contribution in [0.4, 0.5) is 4.39 Å². The third-order valence-corrected chi connectivity index (χ3v) is 4.99. The van der Waals surface area contributed by atoms with Gasteiger partial charge in [-0.05, 0) is 72.8 Å². The van der Waals surface area contributed by atoms with Gasteiger partial charge in [0.1, 0.15) is 5.82 Å². The average Bonchev–Trinajstić information content (AvgIpc) is 2.97. The van der Waals surface area contributed by atoms with Crippen molar-refractivity contribution in [1.82, 2.24) is 15.1 Å². The lowest BCUT2D eigenvalue weighted by atomic mass is 10.1. The third-order valence-electron chi connectivity index (χ3n) is 4.05. The standard InChI is InChI=1S/C19H17FIN3O/c1-12(23-19(25)16-5-3-4-6-18(16)21)17-11-22-24(13(17)2)15-9-7-14(20)8-10-15/h3-12H,1-2H3,(H,23,25). The third kappa shape index (κ3) is 3.73. The lowest BCUT2D eigenvalue weighted by Gasteiger charge is -2.15. The van der Waals surface area contributed by atoms with E-state index >= 15 is 0 Å². The number of benzene rings is 2. The first kappa shape index (κ1) is 17.6. The van der Waals surface area contributed by atoms with Crippen molar-refractivity contribution in [3.05, 3.63) is 80.9 Å². The molecule has 0 spiro atoms. The summed E-state index contributed by atoms with van der Waals surface area (Å²) in [6.07, 6.45) is 1.74. The first-order valence-corrected chi connectivity index (χ1v) is 8.91. The summed E-state index contributed by atoms with van der Waals surface area (Å²) in [5.74, 6) is -0.404. The Bertz CT molecular complexity index is 905. The van der Waals surface area contributed by atoms with Crippen molar-refractivity contribution in [2.24, 2.45) is 0 Å². The van der Waals surface area contributed by atoms with Crippen LogP contribution in [0.15, 0.2) is 54.7 Å². The highest BCUT2D eigenvalue weighted by Crippen LogP contribution is 2.21. The Morgan fingerprint density at radius 2 is 1.88 bits per heavy atom. The molecular weight excluding hydrogens is 432 g/mol. The summed E-state index contributed by atoms with van der Waals surface area (Å²) in [5, 5.41) is 7.39. The fourth-order valence-electron chi connectivity index (χ4n) is 2.69. The Labute approximate surface area is 159 Å². The first-order valence-electron chi connectivity index (χ1n) is 7.83. The van der Waals surface area contributed by atoms with Gasteiger partial charge in [0.05, 0.1) is 23.5 Å². The van der Waals surface area contributed by atoms with Crippen LogP contribution in [-0.2, 0) is 0 Å². The van der Waals surface area contributed by atoms with Crippen molar-refractivity contribution in [3.63, 3.8) is 0 Å². The number of hydrogen-bond acceptors (Lipinski definition) is 2. The zero-order valence-electron chi connectivity index (χ0n) is 13.8. The van der Waals surface area contributed by atoms with Crippen molar-refractivity contribution in [2.75, 3.05) is 0 Å². The van der Waals surface area contributed by atoms with E-state index in [1.165, 1.54) is 12.1 Å². The molecule has 0 saturated heterocycles. The molecular formula is C19H17FIN3O. The Hall–Kier alpha value is -2.22. The van der Waals surface area contributed by atoms with Crippen LogP contribution in [0.25, 0.3) is 5.69 Å². The molecule has 3 rings (SSSR count). The van der Waals surface area contributed by atoms with Crippen molar-refractivity contribution in [1.29, 1.82) is 0 Å². The molecule has 25 heavy (non-hydrogen) atoms. The number of carbonyl (C=O) groups excluding carboxylic acids is 1. The van der Waals surface area contributed by atoms with Gasteiger partial charge < -0.3 is 5.32 Å². The number of nitrogens with zero attached hydrogens (tertiary/aromatic N) is 2. The van der Waals surface area contributed by atoms with Gasteiger partial charge in [0.15, 0.2) is 0 Å². The molecule has 0 aliphatic carbocycles. The molecule has 4 nitrogen and oxygen atoms in total. The predicted molar refractivity (Wildman–Crippen MR) is 103 cm³/mol. The van der Waals surface area contributed by atoms with Crippen LogP contribution in [0.1, 0.15) is 34.6 Å². The molecule has 1 heterocycles. The number of amides is 1. The van der Waals surface area contributed by atoms with Crippen LogP contribution in [0, 0.1) is 16.3 Å². The van der Waals surface area contributed by atoms with Gasteiger partial charge in [-0.3, -0.25) is 4.79 Å². The smallest absolute Gasteiger partial charge is 0.252 e. The van der Waals surface area contributed by atoms with E-state index in [-0.39, 0.29) is 17.8 Å². The maximum Gasteiger partial charge on any atom is 0.252 e. The van der Waals surface area contributed by atoms with E-state index in [0.717, 1.165) is 20.5 Å². The largest absolute Gasteiger partial charge is 0.345 e. The quantitative estimate of drug-likeness (QED) is 0.600. The van der Waals surface area contributed by atoms with Gasteiger partial charge in [-0.25, -0.2) is 9.07 Å². The highest BCUT2D eigenvalue weighted by Gasteiger charge is 2.18. The number of hydrogen-bond donors (Lipinski definition) is 1. The van der Waals surface area contributed by atoms with Crippen molar-refractivity contribution in [2.45, 2.75) is 19.9 Å². The van der Waals surface area contributed by atoms with Gasteiger partial charge in [0.2, 0.25) is 0 Å². The molecule has 3 aromatic rings. The summed E-state index contributed by atoms with van der Waals surface area (Å²) < 4.78 is 15.7. The van der Waals surface area contributed by atoms with Crippen LogP contribution in [0.5, 0.6) is 0 Å². The summed E-state index contributed by atoms with van der Waals surface area (Å²) in [7, 11) is 0. The molecule has 0 aliphatic heterocycles. The van der Waals surface area contributed by atoms with Crippen molar-refractivity contribution < 1.29 is 9.18 Å². The van der Waals surface area contributed by atoms with Gasteiger partial charge in [0.25, 0.3) is 5.91 Å². The zero-order chi connectivity index (χ0) is 18.0. The summed E-state index contributed by atoms with van der Waals surface area (Å²) >= 11 is 2.15. The molecule has 0 bridgehead atoms. The summed E-state index contributed by atoms with van der Waals surface area (Å²) in [6.45, 7) is 3.85. The van der Waals surface area contributed by atoms with Gasteiger partial charge in [0, 0.05) is 14.8 Å². The van der Waals surface area contributed by atoms with E-state index in [1.807, 2.05) is 32.0 Å². The number of rotatable bonds is 4. The second kappa shape index (κ2) is 7.35. The number of aromatic nitrogens is 2. The number of carbonyl (C=O) groups is 1. The molecule has 1 atom stereocenters. The van der Waals surface area contributed by atoms with E-state index < -0.39 is 0 Å². The summed E-state index contributed by atoms with van der Waals surface area (Å²) in [6, 6.07) is 13.4. The Morgan fingerprint density at radius 1 is 1.20 bits per heavy atom. The van der Waals surface area contributed by atoms with Crippen LogP contribution in [0.2, 0.25) is 0 Å². The molecule has 1 aromatic heterocycles. The number of halogens is 2. The van der Waals surface area contributed by atoms with Crippen molar-refractivity contribution in [3.8, 4) is 5.69 Å². The molecule has 2 aromatic carbocycles. The second-order valence-electron chi connectivity index (χ2n) is 5.75. The normalized spacial score (nSPS) is 12.0. The van der Waals surface area contributed by atoms with E-state index in [4.69, 9.17) is 0 Å². The maximum atomic E-state index is 13.1. The molecule has 0 radical (unpaired) electrons. The van der Waals surface area contributed by atoms with Crippen LogP contribution in [-0.4, -0.2) is 15.7 Å².